The maximum atomic E-state index is 14.2. The summed E-state index contributed by atoms with van der Waals surface area (Å²) in [7, 11) is 0. The lowest BCUT2D eigenvalue weighted by Gasteiger charge is -2.13. The van der Waals surface area contributed by atoms with Crippen molar-refractivity contribution in [3.63, 3.8) is 0 Å². The molecular weight excluding hydrogens is 249 g/mol. The molecule has 2 rings (SSSR count). The lowest BCUT2D eigenvalue weighted by atomic mass is 9.91. The first-order chi connectivity index (χ1) is 9.56. The van der Waals surface area contributed by atoms with Crippen LogP contribution in [0.1, 0.15) is 51.7 Å². The molecule has 0 aromatic heterocycles. The van der Waals surface area contributed by atoms with E-state index >= 15 is 0 Å². The molecule has 2 heteroatoms. The van der Waals surface area contributed by atoms with E-state index in [1.165, 1.54) is 11.1 Å². The number of aryl methyl sites for hydroxylation is 1. The van der Waals surface area contributed by atoms with E-state index in [9.17, 15) is 4.39 Å². The highest BCUT2D eigenvalue weighted by atomic mass is 19.1. The summed E-state index contributed by atoms with van der Waals surface area (Å²) in [5.74, 6) is 0.443. The third-order valence-corrected chi connectivity index (χ3v) is 3.85. The van der Waals surface area contributed by atoms with Gasteiger partial charge in [-0.2, -0.15) is 0 Å². The highest BCUT2D eigenvalue weighted by molar-refractivity contribution is 6.09. The maximum absolute atomic E-state index is 14.2. The normalized spacial score (nSPS) is 15.2. The second kappa shape index (κ2) is 6.34. The second-order valence-electron chi connectivity index (χ2n) is 5.84. The summed E-state index contributed by atoms with van der Waals surface area (Å²) < 4.78 is 14.2. The molecular formula is C18H24FN. The molecule has 1 aliphatic heterocycles. The van der Waals surface area contributed by atoms with E-state index in [1.54, 1.807) is 6.07 Å². The third kappa shape index (κ3) is 3.00. The summed E-state index contributed by atoms with van der Waals surface area (Å²) in [6.45, 7) is 9.27. The fourth-order valence-electron chi connectivity index (χ4n) is 2.79. The first-order valence-corrected chi connectivity index (χ1v) is 7.61. The number of hydrogen-bond acceptors (Lipinski definition) is 1. The summed E-state index contributed by atoms with van der Waals surface area (Å²) in [5, 5.41) is 0. The van der Waals surface area contributed by atoms with Gasteiger partial charge >= 0.3 is 0 Å². The zero-order valence-corrected chi connectivity index (χ0v) is 13.0. The molecule has 1 aliphatic rings. The van der Waals surface area contributed by atoms with Crippen molar-refractivity contribution in [1.29, 1.82) is 0 Å². The Morgan fingerprint density at radius 3 is 2.55 bits per heavy atom. The number of halogens is 1. The van der Waals surface area contributed by atoms with Crippen molar-refractivity contribution in [3.05, 3.63) is 40.7 Å². The van der Waals surface area contributed by atoms with Crippen molar-refractivity contribution < 1.29 is 4.39 Å². The smallest absolute Gasteiger partial charge is 0.130 e. The Morgan fingerprint density at radius 2 is 1.95 bits per heavy atom. The minimum atomic E-state index is -0.119. The lowest BCUT2D eigenvalue weighted by Crippen LogP contribution is -2.04. The van der Waals surface area contributed by atoms with Gasteiger partial charge in [-0.1, -0.05) is 33.8 Å². The molecule has 0 radical (unpaired) electrons. The van der Waals surface area contributed by atoms with Gasteiger partial charge in [0.05, 0.1) is 6.54 Å². The minimum absolute atomic E-state index is 0.119. The summed E-state index contributed by atoms with van der Waals surface area (Å²) in [5.41, 5.74) is 5.47. The standard InChI is InChI=1S/C18H24FN/c1-5-13-7-8-17(19)14(10-13)16-11-20-18(6-2)15(16)9-12(3)4/h7-8,10,12H,5-6,9,11H2,1-4H3. The molecule has 0 atom stereocenters. The van der Waals surface area contributed by atoms with E-state index < -0.39 is 0 Å². The predicted molar refractivity (Wildman–Crippen MR) is 84.7 cm³/mol. The lowest BCUT2D eigenvalue weighted by molar-refractivity contribution is 0.621. The fraction of sp³-hybridized carbons (Fsp3) is 0.500. The Kier molecular flexibility index (Phi) is 4.74. The number of aliphatic imine (C=N–C) groups is 1. The number of nitrogens with zero attached hydrogens (tertiary/aromatic N) is 1. The fourth-order valence-corrected chi connectivity index (χ4v) is 2.79. The van der Waals surface area contributed by atoms with Crippen LogP contribution in [0.5, 0.6) is 0 Å². The SMILES string of the molecule is CCC1=NCC(c2cc(CC)ccc2F)=C1CC(C)C. The molecule has 0 amide bonds. The van der Waals surface area contributed by atoms with E-state index in [4.69, 9.17) is 0 Å². The van der Waals surface area contributed by atoms with Gasteiger partial charge in [-0.3, -0.25) is 4.99 Å². The van der Waals surface area contributed by atoms with Gasteiger partial charge in [0.25, 0.3) is 0 Å². The first kappa shape index (κ1) is 15.0. The van der Waals surface area contributed by atoms with Crippen molar-refractivity contribution in [2.24, 2.45) is 10.9 Å². The van der Waals surface area contributed by atoms with E-state index in [2.05, 4.69) is 32.7 Å². The predicted octanol–water partition coefficient (Wildman–Crippen LogP) is 5.05. The molecule has 0 fully saturated rings. The second-order valence-corrected chi connectivity index (χ2v) is 5.84. The molecule has 0 saturated heterocycles. The molecule has 108 valence electrons. The van der Waals surface area contributed by atoms with Gasteiger partial charge in [0.15, 0.2) is 0 Å². The summed E-state index contributed by atoms with van der Waals surface area (Å²) in [6, 6.07) is 5.47. The molecule has 1 aromatic carbocycles. The van der Waals surface area contributed by atoms with Gasteiger partial charge in [-0.25, -0.2) is 4.39 Å². The maximum Gasteiger partial charge on any atom is 0.130 e. The number of benzene rings is 1. The van der Waals surface area contributed by atoms with Crippen LogP contribution in [0.25, 0.3) is 5.57 Å². The molecule has 0 aliphatic carbocycles. The Balaban J connectivity index is 2.48. The monoisotopic (exact) mass is 273 g/mol. The molecule has 1 heterocycles. The highest BCUT2D eigenvalue weighted by Gasteiger charge is 2.22. The van der Waals surface area contributed by atoms with E-state index in [0.29, 0.717) is 12.5 Å². The summed E-state index contributed by atoms with van der Waals surface area (Å²) in [6.07, 6.45) is 2.85. The van der Waals surface area contributed by atoms with Gasteiger partial charge in [0.2, 0.25) is 0 Å². The van der Waals surface area contributed by atoms with E-state index in [-0.39, 0.29) is 5.82 Å². The van der Waals surface area contributed by atoms with Gasteiger partial charge < -0.3 is 0 Å². The van der Waals surface area contributed by atoms with Gasteiger partial charge in [0, 0.05) is 11.3 Å². The zero-order valence-electron chi connectivity index (χ0n) is 13.0. The third-order valence-electron chi connectivity index (χ3n) is 3.85. The van der Waals surface area contributed by atoms with Crippen LogP contribution in [-0.4, -0.2) is 12.3 Å². The number of rotatable bonds is 5. The van der Waals surface area contributed by atoms with Crippen LogP contribution in [0, 0.1) is 11.7 Å². The molecule has 20 heavy (non-hydrogen) atoms. The first-order valence-electron chi connectivity index (χ1n) is 7.61. The zero-order chi connectivity index (χ0) is 14.7. The van der Waals surface area contributed by atoms with Crippen LogP contribution < -0.4 is 0 Å². The van der Waals surface area contributed by atoms with Crippen molar-refractivity contribution >= 4 is 11.3 Å². The minimum Gasteiger partial charge on any atom is -0.285 e. The molecule has 0 saturated carbocycles. The van der Waals surface area contributed by atoms with Crippen molar-refractivity contribution in [2.75, 3.05) is 6.54 Å². The van der Waals surface area contributed by atoms with E-state index in [1.807, 2.05) is 12.1 Å². The molecule has 0 unspecified atom stereocenters. The quantitative estimate of drug-likeness (QED) is 0.711. The van der Waals surface area contributed by atoms with Crippen molar-refractivity contribution in [1.82, 2.24) is 0 Å². The Morgan fingerprint density at radius 1 is 1.20 bits per heavy atom. The van der Waals surface area contributed by atoms with Gasteiger partial charge in [-0.15, -0.1) is 0 Å². The molecule has 1 aromatic rings. The Bertz CT molecular complexity index is 553. The van der Waals surface area contributed by atoms with Crippen molar-refractivity contribution in [3.8, 4) is 0 Å². The average Bonchev–Trinajstić information content (AvgIpc) is 2.81. The van der Waals surface area contributed by atoms with Crippen LogP contribution >= 0.6 is 0 Å². The topological polar surface area (TPSA) is 12.4 Å². The Labute approximate surface area is 121 Å². The number of allylic oxidation sites excluding steroid dienone is 1. The highest BCUT2D eigenvalue weighted by Crippen LogP contribution is 2.32. The van der Waals surface area contributed by atoms with Crippen LogP contribution in [0.4, 0.5) is 4.39 Å². The molecule has 0 N–H and O–H groups in total. The van der Waals surface area contributed by atoms with E-state index in [0.717, 1.165) is 36.1 Å². The molecule has 1 nitrogen and oxygen atoms in total. The summed E-state index contributed by atoms with van der Waals surface area (Å²) >= 11 is 0. The Hall–Kier alpha value is -1.44. The van der Waals surface area contributed by atoms with Crippen LogP contribution in [0.15, 0.2) is 28.8 Å². The van der Waals surface area contributed by atoms with Crippen LogP contribution in [0.3, 0.4) is 0 Å². The van der Waals surface area contributed by atoms with Crippen LogP contribution in [0.2, 0.25) is 0 Å². The van der Waals surface area contributed by atoms with Crippen molar-refractivity contribution in [2.45, 2.75) is 47.0 Å². The van der Waals surface area contributed by atoms with Crippen LogP contribution in [-0.2, 0) is 6.42 Å². The summed E-state index contributed by atoms with van der Waals surface area (Å²) in [4.78, 5) is 4.62. The molecule has 0 bridgehead atoms. The van der Waals surface area contributed by atoms with Gasteiger partial charge in [0.1, 0.15) is 5.82 Å². The average molecular weight is 273 g/mol. The number of hydrogen-bond donors (Lipinski definition) is 0. The molecule has 0 spiro atoms. The largest absolute Gasteiger partial charge is 0.285 e. The van der Waals surface area contributed by atoms with Gasteiger partial charge in [-0.05, 0) is 54.0 Å².